The van der Waals surface area contributed by atoms with Crippen molar-refractivity contribution in [2.45, 2.75) is 24.7 Å². The van der Waals surface area contributed by atoms with Crippen LogP contribution in [0.2, 0.25) is 0 Å². The summed E-state index contributed by atoms with van der Waals surface area (Å²) in [6.45, 7) is 4.35. The van der Waals surface area contributed by atoms with E-state index < -0.39 is 10.8 Å². The third kappa shape index (κ3) is 7.51. The van der Waals surface area contributed by atoms with E-state index in [2.05, 4.69) is 317 Å². The molecule has 368 valence electrons. The van der Waals surface area contributed by atoms with Crippen LogP contribution in [0.15, 0.2) is 303 Å². The topological polar surface area (TPSA) is 0 Å². The Hall–Kier alpha value is -9.62. The molecule has 0 fully saturated rings. The second-order valence-electron chi connectivity index (χ2n) is 21.2. The van der Waals surface area contributed by atoms with Gasteiger partial charge in [-0.2, -0.15) is 0 Å². The molecule has 0 saturated heterocycles. The Labute approximate surface area is 459 Å². The first-order valence-electron chi connectivity index (χ1n) is 27.3. The highest BCUT2D eigenvalue weighted by atomic mass is 14.5. The largest absolute Gasteiger partial charge is 0.0713 e. The quantitative estimate of drug-likeness (QED) is 0.120. The van der Waals surface area contributed by atoms with E-state index in [4.69, 9.17) is 0 Å². The Kier molecular flexibility index (Phi) is 11.5. The van der Waals surface area contributed by atoms with Crippen molar-refractivity contribution in [3.05, 3.63) is 381 Å². The predicted molar refractivity (Wildman–Crippen MR) is 326 cm³/mol. The van der Waals surface area contributed by atoms with Crippen molar-refractivity contribution >= 4 is 11.1 Å². The number of hydrogen-bond acceptors (Lipinski definition) is 0. The smallest absolute Gasteiger partial charge is 0.0622 e. The Morgan fingerprint density at radius 1 is 0.218 bits per heavy atom. The van der Waals surface area contributed by atoms with E-state index in [1.54, 1.807) is 0 Å². The molecule has 2 aliphatic rings. The second-order valence-corrected chi connectivity index (χ2v) is 21.2. The van der Waals surface area contributed by atoms with Gasteiger partial charge in [-0.3, -0.25) is 0 Å². The molecule has 12 aromatic carbocycles. The first-order chi connectivity index (χ1) is 38.5. The lowest BCUT2D eigenvalue weighted by molar-refractivity contribution is 0.768. The molecule has 0 saturated carbocycles. The van der Waals surface area contributed by atoms with Gasteiger partial charge in [0.1, 0.15) is 0 Å². The maximum Gasteiger partial charge on any atom is 0.0713 e. The molecule has 2 aliphatic carbocycles. The zero-order valence-electron chi connectivity index (χ0n) is 43.9. The van der Waals surface area contributed by atoms with E-state index in [1.165, 1.54) is 122 Å². The molecule has 0 N–H and O–H groups in total. The number of rotatable bonds is 10. The van der Waals surface area contributed by atoms with Crippen LogP contribution in [0.5, 0.6) is 0 Å². The van der Waals surface area contributed by atoms with Crippen LogP contribution in [0, 0.1) is 13.8 Å². The van der Waals surface area contributed by atoms with Crippen LogP contribution in [-0.2, 0) is 10.8 Å². The molecule has 0 spiro atoms. The first-order valence-corrected chi connectivity index (χ1v) is 27.3. The van der Waals surface area contributed by atoms with Crippen molar-refractivity contribution in [3.63, 3.8) is 0 Å². The lowest BCUT2D eigenvalue weighted by Crippen LogP contribution is -2.28. The van der Waals surface area contributed by atoms with Gasteiger partial charge in [-0.15, -0.1) is 0 Å². The molecule has 0 aliphatic heterocycles. The normalized spacial score (nSPS) is 13.2. The number of aryl methyl sites for hydroxylation is 2. The Balaban J connectivity index is 0.890. The molecule has 0 heterocycles. The van der Waals surface area contributed by atoms with E-state index in [1.807, 2.05) is 0 Å². The van der Waals surface area contributed by atoms with Gasteiger partial charge in [-0.25, -0.2) is 0 Å². The second kappa shape index (κ2) is 19.2. The fraction of sp³-hybridized carbons (Fsp3) is 0.0513. The van der Waals surface area contributed by atoms with Crippen molar-refractivity contribution < 1.29 is 0 Å². The Morgan fingerprint density at radius 2 is 0.513 bits per heavy atom. The van der Waals surface area contributed by atoms with E-state index in [9.17, 15) is 0 Å². The van der Waals surface area contributed by atoms with E-state index in [0.29, 0.717) is 0 Å². The maximum absolute atomic E-state index is 2.43. The summed E-state index contributed by atoms with van der Waals surface area (Å²) < 4.78 is 0. The highest BCUT2D eigenvalue weighted by molar-refractivity contribution is 6.05. The van der Waals surface area contributed by atoms with Gasteiger partial charge in [-0.1, -0.05) is 302 Å². The van der Waals surface area contributed by atoms with Gasteiger partial charge in [0.2, 0.25) is 0 Å². The van der Waals surface area contributed by atoms with E-state index in [-0.39, 0.29) is 0 Å². The summed E-state index contributed by atoms with van der Waals surface area (Å²) in [7, 11) is 0. The molecule has 12 aromatic rings. The highest BCUT2D eigenvalue weighted by Crippen LogP contribution is 2.58. The van der Waals surface area contributed by atoms with E-state index in [0.717, 1.165) is 11.1 Å². The standard InChI is InChI=1S/C78H56/c1-53-35-47-63(48-36-53)77(71-31-13-9-27-67(71)68-28-10-14-32-72(68)77)65-25-17-23-61(51-65)55-39-43-59(44-40-55)76(75(57-19-5-3-6-20-57)58-21-7-4-8-22-58)60-45-41-56(42-46-60)62-24-18-26-66(52-62)78(64-49-37-54(2)38-50-64)73-33-15-11-29-69(73)70-30-12-16-34-74(70)78/h3-52H,1-2H3. The molecule has 0 aromatic heterocycles. The van der Waals surface area contributed by atoms with Crippen LogP contribution in [0.1, 0.15) is 77.9 Å². The predicted octanol–water partition coefficient (Wildman–Crippen LogP) is 19.4. The average Bonchev–Trinajstić information content (AvgIpc) is 3.92. The zero-order valence-corrected chi connectivity index (χ0v) is 43.9. The van der Waals surface area contributed by atoms with Crippen LogP contribution in [0.3, 0.4) is 0 Å². The van der Waals surface area contributed by atoms with Crippen LogP contribution >= 0.6 is 0 Å². The van der Waals surface area contributed by atoms with Gasteiger partial charge in [0.25, 0.3) is 0 Å². The molecule has 78 heavy (non-hydrogen) atoms. The van der Waals surface area contributed by atoms with Crippen molar-refractivity contribution in [1.82, 2.24) is 0 Å². The van der Waals surface area contributed by atoms with Gasteiger partial charge in [-0.05, 0) is 148 Å². The van der Waals surface area contributed by atoms with Crippen molar-refractivity contribution in [2.75, 3.05) is 0 Å². The molecule has 0 radical (unpaired) electrons. The summed E-state index contributed by atoms with van der Waals surface area (Å²) in [5, 5.41) is 0. The minimum atomic E-state index is -0.476. The van der Waals surface area contributed by atoms with Gasteiger partial charge in [0.05, 0.1) is 10.8 Å². The lowest BCUT2D eigenvalue weighted by Gasteiger charge is -2.34. The average molecular weight is 993 g/mol. The molecule has 0 unspecified atom stereocenters. The molecule has 0 amide bonds. The highest BCUT2D eigenvalue weighted by Gasteiger charge is 2.47. The molecule has 0 atom stereocenters. The number of fused-ring (bicyclic) bond motifs is 6. The van der Waals surface area contributed by atoms with Crippen molar-refractivity contribution in [3.8, 4) is 44.5 Å². The fourth-order valence-corrected chi connectivity index (χ4v) is 13.3. The van der Waals surface area contributed by atoms with E-state index >= 15 is 0 Å². The van der Waals surface area contributed by atoms with Crippen molar-refractivity contribution in [2.24, 2.45) is 0 Å². The summed E-state index contributed by atoms with van der Waals surface area (Å²) in [6.07, 6.45) is 0. The van der Waals surface area contributed by atoms with Crippen LogP contribution < -0.4 is 0 Å². The first kappa shape index (κ1) is 46.9. The molecular formula is C78H56. The summed E-state index contributed by atoms with van der Waals surface area (Å²) >= 11 is 0. The SMILES string of the molecule is Cc1ccc(C2(c3cccc(-c4ccc(C(=C(c5ccccc5)c5ccccc5)c5ccc(-c6cccc(C7(c8ccc(C)cc8)c8ccccc8-c8ccccc87)c6)cc5)cc4)c3)c3ccccc3-c3ccccc32)cc1. The molecule has 0 heteroatoms. The Morgan fingerprint density at radius 3 is 0.846 bits per heavy atom. The minimum Gasteiger partial charge on any atom is -0.0622 e. The minimum absolute atomic E-state index is 0.476. The number of hydrogen-bond donors (Lipinski definition) is 0. The summed E-state index contributed by atoms with van der Waals surface area (Å²) in [5.74, 6) is 0. The maximum atomic E-state index is 2.43. The van der Waals surface area contributed by atoms with Crippen LogP contribution in [0.25, 0.3) is 55.7 Å². The van der Waals surface area contributed by atoms with Crippen LogP contribution in [-0.4, -0.2) is 0 Å². The third-order valence-electron chi connectivity index (χ3n) is 16.9. The van der Waals surface area contributed by atoms with Crippen molar-refractivity contribution in [1.29, 1.82) is 0 Å². The zero-order chi connectivity index (χ0) is 52.2. The van der Waals surface area contributed by atoms with Gasteiger partial charge < -0.3 is 0 Å². The van der Waals surface area contributed by atoms with Gasteiger partial charge in [0.15, 0.2) is 0 Å². The molecule has 0 bridgehead atoms. The lowest BCUT2D eigenvalue weighted by atomic mass is 9.67. The van der Waals surface area contributed by atoms with Gasteiger partial charge in [0, 0.05) is 0 Å². The van der Waals surface area contributed by atoms with Crippen LogP contribution in [0.4, 0.5) is 0 Å². The third-order valence-corrected chi connectivity index (χ3v) is 16.9. The molecule has 0 nitrogen and oxygen atoms in total. The summed E-state index contributed by atoms with van der Waals surface area (Å²) in [5.41, 5.74) is 28.8. The Bertz CT molecular complexity index is 3850. The summed E-state index contributed by atoms with van der Waals surface area (Å²) in [6, 6.07) is 113. The summed E-state index contributed by atoms with van der Waals surface area (Å²) in [4.78, 5) is 0. The molecular weight excluding hydrogens is 937 g/mol. The molecule has 14 rings (SSSR count). The number of benzene rings is 12. The monoisotopic (exact) mass is 992 g/mol. The fourth-order valence-electron chi connectivity index (χ4n) is 13.3. The van der Waals surface area contributed by atoms with Gasteiger partial charge >= 0.3 is 0 Å².